The molecule has 312 valence electrons. The first-order valence-electron chi connectivity index (χ1n) is 16.9. The van der Waals surface area contributed by atoms with Crippen molar-refractivity contribution in [2.24, 2.45) is 0 Å². The minimum atomic E-state index is -4.52. The lowest BCUT2D eigenvalue weighted by Crippen LogP contribution is -2.36. The molecular formula is C40H34BrF6N3O8S. The smallest absolute Gasteiger partial charge is 0.416 e. The molecule has 0 saturated carbocycles. The van der Waals surface area contributed by atoms with Crippen LogP contribution in [0.5, 0.6) is 0 Å². The predicted octanol–water partition coefficient (Wildman–Crippen LogP) is 8.68. The van der Waals surface area contributed by atoms with Crippen LogP contribution in [0.1, 0.15) is 48.8 Å². The monoisotopic (exact) mass is 909 g/mol. The molecule has 0 amide bonds. The lowest BCUT2D eigenvalue weighted by atomic mass is 10.1. The highest BCUT2D eigenvalue weighted by Gasteiger charge is 2.32. The first-order valence-corrected chi connectivity index (χ1v) is 19.5. The number of hydrogen-bond donors (Lipinski definition) is 0. The van der Waals surface area contributed by atoms with Crippen LogP contribution in [0.2, 0.25) is 0 Å². The molecule has 0 aliphatic heterocycles. The molecule has 0 N–H and O–H groups in total. The van der Waals surface area contributed by atoms with Crippen molar-refractivity contribution in [1.82, 2.24) is 14.3 Å². The number of nitrogens with zero attached hydrogens (tertiary/aromatic N) is 3. The van der Waals surface area contributed by atoms with E-state index in [9.17, 15) is 49.1 Å². The van der Waals surface area contributed by atoms with Gasteiger partial charge in [-0.05, 0) is 67.6 Å². The topological polar surface area (TPSA) is 142 Å². The lowest BCUT2D eigenvalue weighted by Gasteiger charge is -2.22. The molecule has 59 heavy (non-hydrogen) atoms. The summed E-state index contributed by atoms with van der Waals surface area (Å²) in [6.45, 7) is 0.575. The Labute approximate surface area is 343 Å². The van der Waals surface area contributed by atoms with E-state index in [0.29, 0.717) is 33.4 Å². The van der Waals surface area contributed by atoms with Crippen molar-refractivity contribution >= 4 is 43.9 Å². The fourth-order valence-corrected chi connectivity index (χ4v) is 7.03. The highest BCUT2D eigenvalue weighted by atomic mass is 79.9. The number of carbonyl (C=O) groups is 3. The molecule has 19 heteroatoms. The summed E-state index contributed by atoms with van der Waals surface area (Å²) in [4.78, 5) is 44.6. The number of benzene rings is 3. The van der Waals surface area contributed by atoms with E-state index >= 15 is 0 Å². The summed E-state index contributed by atoms with van der Waals surface area (Å²) in [7, 11) is -0.757. The van der Waals surface area contributed by atoms with Gasteiger partial charge in [0.05, 0.1) is 77.8 Å². The van der Waals surface area contributed by atoms with E-state index in [-0.39, 0.29) is 21.8 Å². The molecule has 2 aromatic heterocycles. The number of methoxy groups -OCH3 is 3. The first-order chi connectivity index (χ1) is 27.7. The molecule has 5 aromatic rings. The number of rotatable bonds is 11. The number of aryl methyl sites for hydroxylation is 1. The van der Waals surface area contributed by atoms with Crippen molar-refractivity contribution in [3.05, 3.63) is 136 Å². The van der Waals surface area contributed by atoms with E-state index in [4.69, 9.17) is 4.74 Å². The first kappa shape index (κ1) is 46.0. The maximum atomic E-state index is 13.4. The van der Waals surface area contributed by atoms with E-state index in [1.807, 2.05) is 0 Å². The van der Waals surface area contributed by atoms with Gasteiger partial charge >= 0.3 is 30.3 Å². The number of esters is 3. The Kier molecular flexibility index (Phi) is 15.1. The van der Waals surface area contributed by atoms with Crippen LogP contribution in [0.4, 0.5) is 26.3 Å². The Hall–Kier alpha value is -5.66. The van der Waals surface area contributed by atoms with Gasteiger partial charge in [0, 0.05) is 16.5 Å². The summed E-state index contributed by atoms with van der Waals surface area (Å²) in [6, 6.07) is 20.7. The second-order valence-electron chi connectivity index (χ2n) is 12.3. The summed E-state index contributed by atoms with van der Waals surface area (Å²) in [5.74, 6) is -2.18. The maximum absolute atomic E-state index is 13.4. The average molecular weight is 911 g/mol. The minimum absolute atomic E-state index is 0.0659. The fraction of sp³-hybridized carbons (Fsp3) is 0.225. The third-order valence-electron chi connectivity index (χ3n) is 8.42. The van der Waals surface area contributed by atoms with Gasteiger partial charge in [0.15, 0.2) is 0 Å². The second-order valence-corrected chi connectivity index (χ2v) is 14.8. The molecule has 0 unspecified atom stereocenters. The Balaban J connectivity index is 0.000000297. The number of pyridine rings is 2. The standard InChI is InChI=1S/C25H23F3N2O6S.C15H11BrF3NO2/c1-16-4-10-19(11-5-16)37(33,34)30(15-23(31)35-2)14-22-20(24(32)36-3)12-13-21(29-22)17-6-8-18(9-7-17)25(26,27)28;1-22-14(21)11-6-7-12(20-13(11)8-16)9-2-4-10(5-3-9)15(17,18)19/h4-13H,14-15H2,1-3H3;2-7H,8H2,1H3. The molecule has 0 aliphatic carbocycles. The van der Waals surface area contributed by atoms with Crippen LogP contribution in [-0.4, -0.2) is 68.5 Å². The van der Waals surface area contributed by atoms with E-state index in [1.54, 1.807) is 31.2 Å². The van der Waals surface area contributed by atoms with Gasteiger partial charge in [-0.3, -0.25) is 14.8 Å². The van der Waals surface area contributed by atoms with Gasteiger partial charge < -0.3 is 14.2 Å². The van der Waals surface area contributed by atoms with Crippen molar-refractivity contribution < 1.29 is 63.4 Å². The summed E-state index contributed by atoms with van der Waals surface area (Å²) in [5.41, 5.74) is 1.38. The fourth-order valence-electron chi connectivity index (χ4n) is 5.26. The second kappa shape index (κ2) is 19.4. The molecular weight excluding hydrogens is 876 g/mol. The van der Waals surface area contributed by atoms with E-state index in [0.717, 1.165) is 48.4 Å². The van der Waals surface area contributed by atoms with Gasteiger partial charge in [0.2, 0.25) is 10.0 Å². The molecule has 0 bridgehead atoms. The van der Waals surface area contributed by atoms with Crippen LogP contribution in [0.15, 0.2) is 102 Å². The van der Waals surface area contributed by atoms with E-state index in [1.165, 1.54) is 55.6 Å². The Morgan fingerprint density at radius 2 is 1.05 bits per heavy atom. The van der Waals surface area contributed by atoms with Gasteiger partial charge in [-0.25, -0.2) is 18.0 Å². The predicted molar refractivity (Wildman–Crippen MR) is 205 cm³/mol. The quantitative estimate of drug-likeness (QED) is 0.0547. The molecule has 0 radical (unpaired) electrons. The van der Waals surface area contributed by atoms with Crippen LogP contribution in [-0.2, 0) is 53.3 Å². The minimum Gasteiger partial charge on any atom is -0.468 e. The normalized spacial score (nSPS) is 11.7. The average Bonchev–Trinajstić information content (AvgIpc) is 3.22. The van der Waals surface area contributed by atoms with Gasteiger partial charge in [0.25, 0.3) is 0 Å². The molecule has 5 rings (SSSR count). The molecule has 0 aliphatic rings. The maximum Gasteiger partial charge on any atom is 0.416 e. The molecule has 3 aromatic carbocycles. The third-order valence-corrected chi connectivity index (χ3v) is 10.8. The van der Waals surface area contributed by atoms with Crippen LogP contribution >= 0.6 is 15.9 Å². The van der Waals surface area contributed by atoms with Crippen LogP contribution in [0.25, 0.3) is 22.5 Å². The molecule has 0 fully saturated rings. The van der Waals surface area contributed by atoms with Gasteiger partial charge in [-0.15, -0.1) is 0 Å². The number of aromatic nitrogens is 2. The van der Waals surface area contributed by atoms with Crippen LogP contribution < -0.4 is 0 Å². The van der Waals surface area contributed by atoms with E-state index < -0.39 is 64.5 Å². The highest BCUT2D eigenvalue weighted by molar-refractivity contribution is 9.08. The SMILES string of the molecule is COC(=O)CN(Cc1nc(-c2ccc(C(F)(F)F)cc2)ccc1C(=O)OC)S(=O)(=O)c1ccc(C)cc1.COC(=O)c1ccc(-c2ccc(C(F)(F)F)cc2)nc1CBr. The zero-order chi connectivity index (χ0) is 43.7. The summed E-state index contributed by atoms with van der Waals surface area (Å²) in [5, 5.41) is 0.325. The largest absolute Gasteiger partial charge is 0.468 e. The van der Waals surface area contributed by atoms with Crippen molar-refractivity contribution in [1.29, 1.82) is 0 Å². The molecule has 0 atom stereocenters. The van der Waals surface area contributed by atoms with Crippen LogP contribution in [0, 0.1) is 6.92 Å². The van der Waals surface area contributed by atoms with Crippen molar-refractivity contribution in [2.45, 2.75) is 36.0 Å². The number of hydrogen-bond acceptors (Lipinski definition) is 10. The molecule has 0 spiro atoms. The third kappa shape index (κ3) is 11.7. The number of alkyl halides is 7. The zero-order valence-corrected chi connectivity index (χ0v) is 33.9. The zero-order valence-electron chi connectivity index (χ0n) is 31.5. The highest BCUT2D eigenvalue weighted by Crippen LogP contribution is 2.32. The number of carbonyl (C=O) groups excluding carboxylic acids is 3. The Bertz CT molecular complexity index is 2390. The summed E-state index contributed by atoms with van der Waals surface area (Å²) >= 11 is 3.23. The van der Waals surface area contributed by atoms with Crippen molar-refractivity contribution in [3.63, 3.8) is 0 Å². The summed E-state index contributed by atoms with van der Waals surface area (Å²) in [6.07, 6.45) is -8.90. The Morgan fingerprint density at radius 1 is 0.627 bits per heavy atom. The molecule has 2 heterocycles. The Morgan fingerprint density at radius 3 is 1.44 bits per heavy atom. The number of sulfonamides is 1. The summed E-state index contributed by atoms with van der Waals surface area (Å²) < 4.78 is 118. The van der Waals surface area contributed by atoms with Crippen molar-refractivity contribution in [3.8, 4) is 22.5 Å². The number of halogens is 7. The lowest BCUT2D eigenvalue weighted by molar-refractivity contribution is -0.141. The van der Waals surface area contributed by atoms with Gasteiger partial charge in [-0.1, -0.05) is 57.9 Å². The van der Waals surface area contributed by atoms with E-state index in [2.05, 4.69) is 35.4 Å². The van der Waals surface area contributed by atoms with Crippen molar-refractivity contribution in [2.75, 3.05) is 27.9 Å². The van der Waals surface area contributed by atoms with Crippen LogP contribution in [0.3, 0.4) is 0 Å². The molecule has 11 nitrogen and oxygen atoms in total. The molecule has 0 saturated heterocycles. The van der Waals surface area contributed by atoms with Gasteiger partial charge in [0.1, 0.15) is 6.54 Å². The number of ether oxygens (including phenoxy) is 3. The van der Waals surface area contributed by atoms with Gasteiger partial charge in [-0.2, -0.15) is 30.6 Å².